The lowest BCUT2D eigenvalue weighted by molar-refractivity contribution is -0.391. The number of para-hydroxylation sites is 1. The Morgan fingerprint density at radius 2 is 2.00 bits per heavy atom. The second-order valence-corrected chi connectivity index (χ2v) is 5.88. The third-order valence-electron chi connectivity index (χ3n) is 4.27. The molecule has 0 spiro atoms. The van der Waals surface area contributed by atoms with Crippen LogP contribution in [-0.4, -0.2) is 30.9 Å². The van der Waals surface area contributed by atoms with Crippen molar-refractivity contribution in [3.8, 4) is 5.69 Å². The fraction of sp³-hybridized carbons (Fsp3) is 0.467. The van der Waals surface area contributed by atoms with Crippen LogP contribution in [0.1, 0.15) is 32.6 Å². The Kier molecular flexibility index (Phi) is 4.14. The minimum atomic E-state index is -0.613. The van der Waals surface area contributed by atoms with Gasteiger partial charge in [-0.3, -0.25) is 4.99 Å². The Hall–Kier alpha value is -2.64. The van der Waals surface area contributed by atoms with Crippen LogP contribution in [-0.2, 0) is 0 Å². The number of aromatic nitrogens is 3. The van der Waals surface area contributed by atoms with Crippen molar-refractivity contribution >= 4 is 5.82 Å². The van der Waals surface area contributed by atoms with Gasteiger partial charge in [-0.15, -0.1) is 0 Å². The molecule has 122 valence electrons. The van der Waals surface area contributed by atoms with Crippen LogP contribution < -0.4 is 5.49 Å². The number of nitrogens with zero attached hydrogens (tertiary/aromatic N) is 5. The molecule has 1 N–H and O–H groups in total. The predicted octanol–water partition coefficient (Wildman–Crippen LogP) is 2.30. The monoisotopic (exact) mass is 317 g/mol. The van der Waals surface area contributed by atoms with Crippen molar-refractivity contribution in [2.75, 3.05) is 0 Å². The molecule has 0 radical (unpaired) electrons. The van der Waals surface area contributed by atoms with Crippen molar-refractivity contribution < 1.29 is 10.1 Å². The first-order chi connectivity index (χ1) is 11.1. The first kappa shape index (κ1) is 15.3. The van der Waals surface area contributed by atoms with Crippen LogP contribution in [0, 0.1) is 16.0 Å². The Morgan fingerprint density at radius 1 is 1.30 bits per heavy atom. The largest absolute Gasteiger partial charge is 0.438 e. The first-order valence-corrected chi connectivity index (χ1v) is 7.73. The molecular weight excluding hydrogens is 298 g/mol. The molecule has 1 aliphatic carbocycles. The maximum atomic E-state index is 11.3. The summed E-state index contributed by atoms with van der Waals surface area (Å²) in [5.41, 5.74) is 0.425. The summed E-state index contributed by atoms with van der Waals surface area (Å²) in [7, 11) is 0. The fourth-order valence-electron chi connectivity index (χ4n) is 2.96. The van der Waals surface area contributed by atoms with Gasteiger partial charge in [0.05, 0.1) is 11.1 Å². The summed E-state index contributed by atoms with van der Waals surface area (Å²) in [6.07, 6.45) is 4.11. The summed E-state index contributed by atoms with van der Waals surface area (Å²) in [4.78, 5) is 16.9. The maximum absolute atomic E-state index is 11.3. The fourth-order valence-corrected chi connectivity index (χ4v) is 2.96. The zero-order chi connectivity index (χ0) is 16.4. The predicted molar refractivity (Wildman–Crippen MR) is 82.4 cm³/mol. The lowest BCUT2D eigenvalue weighted by Crippen LogP contribution is -2.28. The molecule has 0 unspecified atom stereocenters. The van der Waals surface area contributed by atoms with E-state index in [1.807, 2.05) is 6.07 Å². The van der Waals surface area contributed by atoms with E-state index in [-0.39, 0.29) is 11.5 Å². The lowest BCUT2D eigenvalue weighted by Gasteiger charge is -2.24. The molecule has 8 nitrogen and oxygen atoms in total. The Balaban J connectivity index is 2.12. The van der Waals surface area contributed by atoms with E-state index in [1.165, 1.54) is 0 Å². The molecule has 0 amide bonds. The Morgan fingerprint density at radius 3 is 2.65 bits per heavy atom. The number of rotatable bonds is 3. The minimum absolute atomic E-state index is 0.0331. The zero-order valence-corrected chi connectivity index (χ0v) is 12.9. The Bertz CT molecular complexity index is 765. The van der Waals surface area contributed by atoms with Crippen molar-refractivity contribution in [3.63, 3.8) is 0 Å². The van der Waals surface area contributed by atoms with E-state index in [2.05, 4.69) is 17.0 Å². The summed E-state index contributed by atoms with van der Waals surface area (Å²) < 4.78 is 0. The van der Waals surface area contributed by atoms with Gasteiger partial charge in [0.1, 0.15) is 5.69 Å². The molecule has 23 heavy (non-hydrogen) atoms. The molecular formula is C15H19N5O3. The van der Waals surface area contributed by atoms with Gasteiger partial charge in [-0.2, -0.15) is 0 Å². The highest BCUT2D eigenvalue weighted by Gasteiger charge is 2.27. The van der Waals surface area contributed by atoms with Gasteiger partial charge >= 0.3 is 5.82 Å². The van der Waals surface area contributed by atoms with Crippen LogP contribution in [0.2, 0.25) is 0 Å². The van der Waals surface area contributed by atoms with Crippen LogP contribution in [0.3, 0.4) is 0 Å². The Labute approximate surface area is 132 Å². The van der Waals surface area contributed by atoms with Gasteiger partial charge in [-0.05, 0) is 40.6 Å². The van der Waals surface area contributed by atoms with E-state index >= 15 is 0 Å². The molecule has 2 atom stereocenters. The smallest absolute Gasteiger partial charge is 0.409 e. The highest BCUT2D eigenvalue weighted by molar-refractivity contribution is 5.29. The molecule has 0 bridgehead atoms. The highest BCUT2D eigenvalue weighted by Crippen LogP contribution is 2.26. The summed E-state index contributed by atoms with van der Waals surface area (Å²) in [6.45, 7) is 2.09. The summed E-state index contributed by atoms with van der Waals surface area (Å²) >= 11 is 0. The lowest BCUT2D eigenvalue weighted by atomic mass is 9.86. The van der Waals surface area contributed by atoms with Crippen LogP contribution in [0.4, 0.5) is 5.82 Å². The maximum Gasteiger partial charge on any atom is 0.438 e. The number of hydrogen-bond acceptors (Lipinski definition) is 5. The molecule has 3 rings (SSSR count). The van der Waals surface area contributed by atoms with Crippen LogP contribution >= 0.6 is 0 Å². The van der Waals surface area contributed by atoms with E-state index in [9.17, 15) is 15.3 Å². The molecule has 0 aliphatic heterocycles. The zero-order valence-electron chi connectivity index (χ0n) is 12.9. The van der Waals surface area contributed by atoms with Gasteiger partial charge in [-0.25, -0.2) is 0 Å². The SMILES string of the molecule is C[C@H]1CCCC[C@@H]1N=c1c([N+](=O)[O-])nn(-c2ccccc2)n1O. The second-order valence-electron chi connectivity index (χ2n) is 5.88. The highest BCUT2D eigenvalue weighted by atomic mass is 16.6. The average molecular weight is 317 g/mol. The molecule has 1 aromatic carbocycles. The van der Waals surface area contributed by atoms with Gasteiger partial charge in [0.15, 0.2) is 0 Å². The topological polar surface area (TPSA) is 98.5 Å². The minimum Gasteiger partial charge on any atom is -0.409 e. The summed E-state index contributed by atoms with van der Waals surface area (Å²) in [5, 5.41) is 25.5. The van der Waals surface area contributed by atoms with Crippen LogP contribution in [0.5, 0.6) is 0 Å². The first-order valence-electron chi connectivity index (χ1n) is 7.73. The van der Waals surface area contributed by atoms with E-state index in [0.29, 0.717) is 16.5 Å². The molecule has 1 saturated carbocycles. The van der Waals surface area contributed by atoms with Crippen LogP contribution in [0.25, 0.3) is 5.69 Å². The number of hydrogen-bond donors (Lipinski definition) is 1. The van der Waals surface area contributed by atoms with Crippen LogP contribution in [0.15, 0.2) is 35.3 Å². The van der Waals surface area contributed by atoms with Crippen molar-refractivity contribution in [2.24, 2.45) is 10.9 Å². The van der Waals surface area contributed by atoms with Crippen molar-refractivity contribution in [1.29, 1.82) is 0 Å². The molecule has 2 aromatic rings. The van der Waals surface area contributed by atoms with E-state index in [4.69, 9.17) is 0 Å². The summed E-state index contributed by atoms with van der Waals surface area (Å²) in [6, 6.07) is 8.73. The molecule has 1 aromatic heterocycles. The third kappa shape index (κ3) is 2.96. The van der Waals surface area contributed by atoms with E-state index in [1.54, 1.807) is 24.3 Å². The van der Waals surface area contributed by atoms with Crippen molar-refractivity contribution in [3.05, 3.63) is 45.9 Å². The molecule has 1 fully saturated rings. The normalized spacial score (nSPS) is 22.2. The number of benzene rings is 1. The van der Waals surface area contributed by atoms with E-state index in [0.717, 1.165) is 30.5 Å². The van der Waals surface area contributed by atoms with Crippen molar-refractivity contribution in [2.45, 2.75) is 38.6 Å². The van der Waals surface area contributed by atoms with E-state index < -0.39 is 10.7 Å². The molecule has 1 aliphatic rings. The molecule has 1 heterocycles. The van der Waals surface area contributed by atoms with Gasteiger partial charge in [-0.1, -0.05) is 42.8 Å². The van der Waals surface area contributed by atoms with Crippen molar-refractivity contribution in [1.82, 2.24) is 14.7 Å². The van der Waals surface area contributed by atoms with Gasteiger partial charge in [0.25, 0.3) is 5.49 Å². The number of nitro groups is 1. The standard InChI is InChI=1S/C15H19N5O3/c1-11-7-5-6-10-13(11)16-14-15(20(22)23)17-18(19(14)21)12-8-3-2-4-9-12/h2-4,8-9,11,13,21H,5-7,10H2,1H3/t11-,13-/m0/s1. The molecule has 8 heteroatoms. The molecule has 0 saturated heterocycles. The third-order valence-corrected chi connectivity index (χ3v) is 4.27. The average Bonchev–Trinajstić information content (AvgIpc) is 2.88. The van der Waals surface area contributed by atoms with Gasteiger partial charge in [0, 0.05) is 0 Å². The summed E-state index contributed by atoms with van der Waals surface area (Å²) in [5.74, 6) is -0.0995. The second kappa shape index (κ2) is 6.23. The van der Waals surface area contributed by atoms with Gasteiger partial charge < -0.3 is 15.3 Å². The van der Waals surface area contributed by atoms with Gasteiger partial charge in [0.2, 0.25) is 0 Å². The quantitative estimate of drug-likeness (QED) is 0.533.